The van der Waals surface area contributed by atoms with Crippen LogP contribution in [0, 0.1) is 16.5 Å². The van der Waals surface area contributed by atoms with E-state index in [4.69, 9.17) is 16.3 Å². The van der Waals surface area contributed by atoms with Crippen molar-refractivity contribution in [3.63, 3.8) is 0 Å². The Morgan fingerprint density at radius 1 is 1.07 bits per heavy atom. The van der Waals surface area contributed by atoms with Crippen molar-refractivity contribution in [1.82, 2.24) is 0 Å². The lowest BCUT2D eigenvalue weighted by atomic mass is 9.87. The maximum atomic E-state index is 13.5. The summed E-state index contributed by atoms with van der Waals surface area (Å²) in [5.41, 5.74) is 6.30. The summed E-state index contributed by atoms with van der Waals surface area (Å²) < 4.78 is 5.68. The third kappa shape index (κ3) is 6.24. The molecular formula is C33H28ClN3O4. The zero-order chi connectivity index (χ0) is 28.9. The Hall–Kier alpha value is -4.67. The smallest absolute Gasteiger partial charge is 0.309 e. The molecular weight excluding hydrogens is 538 g/mol. The number of benzene rings is 3. The molecule has 1 atom stereocenters. The van der Waals surface area contributed by atoms with Crippen LogP contribution in [0.4, 0.5) is 5.69 Å². The molecule has 0 aliphatic carbocycles. The van der Waals surface area contributed by atoms with E-state index in [-0.39, 0.29) is 24.2 Å². The summed E-state index contributed by atoms with van der Waals surface area (Å²) in [6, 6.07) is 24.4. The summed E-state index contributed by atoms with van der Waals surface area (Å²) in [5.74, 6) is -0.668. The van der Waals surface area contributed by atoms with Gasteiger partial charge in [0.25, 0.3) is 0 Å². The van der Waals surface area contributed by atoms with Gasteiger partial charge in [0.15, 0.2) is 11.9 Å². The number of methoxy groups -OCH3 is 1. The molecule has 0 saturated carbocycles. The Kier molecular flexibility index (Phi) is 8.32. The first-order valence-corrected chi connectivity index (χ1v) is 13.8. The van der Waals surface area contributed by atoms with E-state index < -0.39 is 0 Å². The molecule has 1 aliphatic rings. The summed E-state index contributed by atoms with van der Waals surface area (Å²) in [7, 11) is 1.35. The largest absolute Gasteiger partial charge is 0.618 e. The molecule has 0 unspecified atom stereocenters. The van der Waals surface area contributed by atoms with Crippen LogP contribution in [0.1, 0.15) is 54.0 Å². The molecule has 0 spiro atoms. The Morgan fingerprint density at radius 3 is 2.71 bits per heavy atom. The van der Waals surface area contributed by atoms with E-state index in [1.165, 1.54) is 13.3 Å². The van der Waals surface area contributed by atoms with Gasteiger partial charge in [0.1, 0.15) is 0 Å². The number of fused-ring (bicyclic) bond motifs is 4. The lowest BCUT2D eigenvalue weighted by Gasteiger charge is -2.20. The molecule has 41 heavy (non-hydrogen) atoms. The van der Waals surface area contributed by atoms with Crippen molar-refractivity contribution in [2.75, 3.05) is 12.4 Å². The zero-order valence-electron chi connectivity index (χ0n) is 22.5. The minimum Gasteiger partial charge on any atom is -0.618 e. The van der Waals surface area contributed by atoms with Gasteiger partial charge in [-0.1, -0.05) is 54.4 Å². The maximum absolute atomic E-state index is 13.5. The van der Waals surface area contributed by atoms with E-state index in [1.54, 1.807) is 18.2 Å². The number of nitrogens with one attached hydrogen (secondary N) is 1. The molecule has 0 radical (unpaired) electrons. The van der Waals surface area contributed by atoms with Gasteiger partial charge in [-0.2, -0.15) is 9.99 Å². The predicted molar refractivity (Wildman–Crippen MR) is 157 cm³/mol. The second-order valence-electron chi connectivity index (χ2n) is 10.1. The number of ether oxygens (including phenoxy) is 1. The quantitative estimate of drug-likeness (QED) is 0.172. The van der Waals surface area contributed by atoms with Crippen molar-refractivity contribution < 1.29 is 19.1 Å². The van der Waals surface area contributed by atoms with Gasteiger partial charge in [0.2, 0.25) is 5.91 Å². The Morgan fingerprint density at radius 2 is 1.93 bits per heavy atom. The maximum Gasteiger partial charge on any atom is 0.309 e. The van der Waals surface area contributed by atoms with Gasteiger partial charge in [-0.15, -0.1) is 0 Å². The van der Waals surface area contributed by atoms with Gasteiger partial charge in [0, 0.05) is 39.9 Å². The molecule has 4 aromatic rings. The number of esters is 1. The number of nitrogens with zero attached hydrogens (tertiary/aromatic N) is 2. The predicted octanol–water partition coefficient (Wildman–Crippen LogP) is 6.54. The number of amides is 1. The van der Waals surface area contributed by atoms with Crippen LogP contribution in [0.2, 0.25) is 5.02 Å². The van der Waals surface area contributed by atoms with E-state index in [2.05, 4.69) is 17.5 Å². The van der Waals surface area contributed by atoms with E-state index in [0.717, 1.165) is 33.4 Å². The van der Waals surface area contributed by atoms with Crippen LogP contribution in [0.5, 0.6) is 0 Å². The average molecular weight is 566 g/mol. The van der Waals surface area contributed by atoms with Crippen LogP contribution in [0.3, 0.4) is 0 Å². The molecule has 1 aromatic heterocycles. The summed E-state index contributed by atoms with van der Waals surface area (Å²) in [6.07, 6.45) is 4.02. The number of anilines is 1. The Labute approximate surface area is 243 Å². The van der Waals surface area contributed by atoms with Crippen LogP contribution in [-0.4, -0.2) is 19.0 Å². The monoisotopic (exact) mass is 565 g/mol. The van der Waals surface area contributed by atoms with E-state index >= 15 is 0 Å². The van der Waals surface area contributed by atoms with Crippen molar-refractivity contribution in [1.29, 1.82) is 5.26 Å². The molecule has 5 rings (SSSR count). The number of carbonyl (C=O) groups excluding carboxylic acids is 2. The highest BCUT2D eigenvalue weighted by atomic mass is 35.5. The van der Waals surface area contributed by atoms with Gasteiger partial charge in [-0.05, 0) is 59.9 Å². The van der Waals surface area contributed by atoms with E-state index in [9.17, 15) is 20.1 Å². The molecule has 3 aromatic carbocycles. The molecule has 7 nitrogen and oxygen atoms in total. The van der Waals surface area contributed by atoms with Crippen molar-refractivity contribution in [3.05, 3.63) is 112 Å². The van der Waals surface area contributed by atoms with Gasteiger partial charge in [0.05, 0.1) is 31.1 Å². The molecule has 1 amide bonds. The first kappa shape index (κ1) is 27.9. The highest BCUT2D eigenvalue weighted by Crippen LogP contribution is 2.36. The Balaban J connectivity index is 1.56. The van der Waals surface area contributed by atoms with E-state index in [1.807, 2.05) is 48.5 Å². The van der Waals surface area contributed by atoms with Crippen molar-refractivity contribution in [2.24, 2.45) is 0 Å². The fourth-order valence-corrected chi connectivity index (χ4v) is 5.50. The van der Waals surface area contributed by atoms with Crippen LogP contribution in [0.25, 0.3) is 22.3 Å². The SMILES string of the molecule is COC(=O)Cc1ccc2c(c1)NC(=O)CCCC[C@H](c1ccc(-c3cc(Cl)ccc3C#N)c[n+]1[O-])c1cccc-2c1. The van der Waals surface area contributed by atoms with Gasteiger partial charge in [-0.25, -0.2) is 0 Å². The molecule has 2 bridgehead atoms. The fourth-order valence-electron chi connectivity index (χ4n) is 5.32. The normalized spacial score (nSPS) is 15.0. The number of carbonyl (C=O) groups is 2. The third-order valence-electron chi connectivity index (χ3n) is 7.40. The van der Waals surface area contributed by atoms with Crippen molar-refractivity contribution >= 4 is 29.2 Å². The number of hydrogen-bond donors (Lipinski definition) is 1. The van der Waals surface area contributed by atoms with Crippen LogP contribution in [-0.2, 0) is 20.7 Å². The van der Waals surface area contributed by atoms with Crippen molar-refractivity contribution in [2.45, 2.75) is 38.0 Å². The van der Waals surface area contributed by atoms with Crippen LogP contribution >= 0.6 is 11.6 Å². The number of pyridine rings is 1. The topological polar surface area (TPSA) is 106 Å². The van der Waals surface area contributed by atoms with Crippen LogP contribution in [0.15, 0.2) is 79.0 Å². The van der Waals surface area contributed by atoms with Gasteiger partial charge >= 0.3 is 5.97 Å². The standard InChI is InChI=1S/C33H28ClN3O4/c1-41-33(39)16-21-9-13-27-22-5-4-6-23(17-22)28(7-2-3-8-32(38)36-30(27)15-21)31-14-11-25(20-37(31)40)29-18-26(34)12-10-24(29)19-35/h4-6,9-15,17-18,20,28H,2-3,7-8,16H2,1H3,(H,36,38)/t28-/m0/s1. The molecule has 1 N–H and O–H groups in total. The second kappa shape index (κ2) is 12.2. The number of aromatic nitrogens is 1. The second-order valence-corrected chi connectivity index (χ2v) is 10.5. The first-order valence-electron chi connectivity index (χ1n) is 13.4. The molecule has 0 fully saturated rings. The lowest BCUT2D eigenvalue weighted by Crippen LogP contribution is -2.33. The fraction of sp³-hybridized carbons (Fsp3) is 0.212. The van der Waals surface area contributed by atoms with Gasteiger partial charge < -0.3 is 15.3 Å². The Bertz CT molecular complexity index is 1680. The molecule has 206 valence electrons. The highest BCUT2D eigenvalue weighted by Gasteiger charge is 2.24. The number of hydrogen-bond acceptors (Lipinski definition) is 5. The summed E-state index contributed by atoms with van der Waals surface area (Å²) in [5, 5.41) is 26.5. The lowest BCUT2D eigenvalue weighted by molar-refractivity contribution is -0.614. The minimum atomic E-state index is -0.356. The zero-order valence-corrected chi connectivity index (χ0v) is 23.3. The molecule has 1 aliphatic heterocycles. The van der Waals surface area contributed by atoms with Crippen LogP contribution < -0.4 is 10.0 Å². The molecule has 8 heteroatoms. The third-order valence-corrected chi connectivity index (χ3v) is 7.63. The van der Waals surface area contributed by atoms with Gasteiger partial charge in [-0.3, -0.25) is 9.59 Å². The molecule has 0 saturated heterocycles. The summed E-state index contributed by atoms with van der Waals surface area (Å²) in [4.78, 5) is 24.7. The summed E-state index contributed by atoms with van der Waals surface area (Å²) >= 11 is 6.18. The molecule has 2 heterocycles. The number of rotatable bonds is 4. The van der Waals surface area contributed by atoms with Crippen molar-refractivity contribution in [3.8, 4) is 28.3 Å². The number of nitriles is 1. The van der Waals surface area contributed by atoms with E-state index in [0.29, 0.717) is 52.4 Å². The number of halogens is 1. The summed E-state index contributed by atoms with van der Waals surface area (Å²) in [6.45, 7) is 0. The minimum absolute atomic E-state index is 0.103. The first-order chi connectivity index (χ1) is 19.9. The average Bonchev–Trinajstić information content (AvgIpc) is 2.97. The highest BCUT2D eigenvalue weighted by molar-refractivity contribution is 6.30.